The molecule has 10 nitrogen and oxygen atoms in total. The van der Waals surface area contributed by atoms with Crippen LogP contribution in [0, 0.1) is 6.92 Å². The predicted octanol–water partition coefficient (Wildman–Crippen LogP) is 3.99. The number of likely N-dealkylation sites (N-methyl/N-ethyl adjacent to an activating group) is 1. The number of nitrogens with zero attached hydrogens (tertiary/aromatic N) is 6. The molecule has 0 bridgehead atoms. The Hall–Kier alpha value is -4.05. The summed E-state index contributed by atoms with van der Waals surface area (Å²) in [5, 5.41) is 6.85. The molecule has 1 aliphatic rings. The lowest BCUT2D eigenvalue weighted by atomic mass is 9.96. The molecule has 1 fully saturated rings. The van der Waals surface area contributed by atoms with Crippen LogP contribution >= 0.6 is 0 Å². The van der Waals surface area contributed by atoms with Crippen molar-refractivity contribution in [1.82, 2.24) is 30.2 Å². The van der Waals surface area contributed by atoms with Crippen LogP contribution in [0.4, 0.5) is 5.69 Å². The van der Waals surface area contributed by atoms with Crippen LogP contribution in [0.1, 0.15) is 61.4 Å². The number of carbonyl (C=O) groups is 2. The molecule has 3 aromatic rings. The van der Waals surface area contributed by atoms with Crippen molar-refractivity contribution < 1.29 is 14.1 Å². The van der Waals surface area contributed by atoms with Gasteiger partial charge in [0.1, 0.15) is 0 Å². The molecule has 218 valence electrons. The molecular formula is C31H41N7O3. The van der Waals surface area contributed by atoms with Gasteiger partial charge in [0.15, 0.2) is 0 Å². The van der Waals surface area contributed by atoms with Gasteiger partial charge in [0.2, 0.25) is 11.8 Å². The summed E-state index contributed by atoms with van der Waals surface area (Å²) >= 11 is 0. The Morgan fingerprint density at radius 2 is 1.88 bits per heavy atom. The molecule has 1 unspecified atom stereocenters. The van der Waals surface area contributed by atoms with Crippen LogP contribution in [-0.4, -0.2) is 83.6 Å². The first-order valence-electron chi connectivity index (χ1n) is 14.0. The maximum Gasteiger partial charge on any atom is 0.293 e. The molecule has 0 saturated carbocycles. The van der Waals surface area contributed by atoms with Crippen LogP contribution in [0.25, 0.3) is 11.1 Å². The number of aromatic nitrogens is 3. The first-order chi connectivity index (χ1) is 19.4. The summed E-state index contributed by atoms with van der Waals surface area (Å²) in [6, 6.07) is 8.04. The number of piperazine rings is 1. The molecule has 3 heterocycles. The van der Waals surface area contributed by atoms with Crippen LogP contribution in [0.5, 0.6) is 0 Å². The van der Waals surface area contributed by atoms with E-state index in [-0.39, 0.29) is 29.1 Å². The lowest BCUT2D eigenvalue weighted by Crippen LogP contribution is -2.48. The van der Waals surface area contributed by atoms with Crippen molar-refractivity contribution >= 4 is 17.5 Å². The number of nitrogens with one attached hydrogen (secondary N) is 1. The van der Waals surface area contributed by atoms with Gasteiger partial charge >= 0.3 is 0 Å². The third-order valence-electron chi connectivity index (χ3n) is 7.13. The molecule has 1 N–H and O–H groups in total. The number of benzene rings is 1. The van der Waals surface area contributed by atoms with E-state index < -0.39 is 0 Å². The number of anilines is 1. The molecule has 41 heavy (non-hydrogen) atoms. The standard InChI is InChI=1S/C31H41N7O3/c1-21-19-23(10-11-24(21)22(2)33-29(40)28-34-30(41-35-28)31(3,4)5)25-12-13-32-20-26(25)37-15-17-38(18-16-37)27(39)9-8-14-36(6)7/h8-13,19-20,22H,14-18H2,1-7H3,(H,33,40). The van der Waals surface area contributed by atoms with Gasteiger partial charge in [0.05, 0.1) is 17.9 Å². The highest BCUT2D eigenvalue weighted by Gasteiger charge is 2.26. The first kappa shape index (κ1) is 29.9. The third-order valence-corrected chi connectivity index (χ3v) is 7.13. The van der Waals surface area contributed by atoms with Gasteiger partial charge in [0.25, 0.3) is 11.7 Å². The highest BCUT2D eigenvalue weighted by molar-refractivity contribution is 5.90. The topological polar surface area (TPSA) is 108 Å². The number of hydrogen-bond donors (Lipinski definition) is 1. The third kappa shape index (κ3) is 7.38. The largest absolute Gasteiger partial charge is 0.366 e. The first-order valence-corrected chi connectivity index (χ1v) is 14.0. The summed E-state index contributed by atoms with van der Waals surface area (Å²) in [4.78, 5) is 40.2. The Bertz CT molecular complexity index is 1400. The van der Waals surface area contributed by atoms with Crippen LogP contribution in [0.2, 0.25) is 0 Å². The van der Waals surface area contributed by atoms with E-state index in [1.165, 1.54) is 0 Å². The molecule has 2 aromatic heterocycles. The van der Waals surface area contributed by atoms with Gasteiger partial charge in [-0.2, -0.15) is 4.98 Å². The van der Waals surface area contributed by atoms with Crippen LogP contribution < -0.4 is 10.2 Å². The molecule has 0 spiro atoms. The second kappa shape index (κ2) is 12.6. The van der Waals surface area contributed by atoms with Crippen molar-refractivity contribution in [3.63, 3.8) is 0 Å². The fraction of sp³-hybridized carbons (Fsp3) is 0.452. The Kier molecular flexibility index (Phi) is 9.22. The minimum Gasteiger partial charge on any atom is -0.366 e. The van der Waals surface area contributed by atoms with E-state index in [4.69, 9.17) is 4.52 Å². The maximum absolute atomic E-state index is 12.8. The molecule has 0 radical (unpaired) electrons. The number of hydrogen-bond acceptors (Lipinski definition) is 8. The molecular weight excluding hydrogens is 518 g/mol. The Balaban J connectivity index is 1.44. The van der Waals surface area contributed by atoms with E-state index in [1.54, 1.807) is 12.3 Å². The predicted molar refractivity (Wildman–Crippen MR) is 160 cm³/mol. The van der Waals surface area contributed by atoms with Crippen LogP contribution in [-0.2, 0) is 10.2 Å². The quantitative estimate of drug-likeness (QED) is 0.413. The summed E-state index contributed by atoms with van der Waals surface area (Å²) in [5.41, 5.74) is 4.93. The highest BCUT2D eigenvalue weighted by atomic mass is 16.5. The summed E-state index contributed by atoms with van der Waals surface area (Å²) in [6.45, 7) is 13.4. The van der Waals surface area contributed by atoms with E-state index in [9.17, 15) is 9.59 Å². The van der Waals surface area contributed by atoms with Crippen LogP contribution in [0.15, 0.2) is 53.3 Å². The smallest absolute Gasteiger partial charge is 0.293 e. The van der Waals surface area contributed by atoms with Crippen molar-refractivity contribution in [2.45, 2.75) is 46.1 Å². The fourth-order valence-electron chi connectivity index (χ4n) is 4.81. The van der Waals surface area contributed by atoms with E-state index in [2.05, 4.69) is 37.5 Å². The van der Waals surface area contributed by atoms with Crippen molar-refractivity contribution in [3.8, 4) is 11.1 Å². The van der Waals surface area contributed by atoms with Crippen molar-refractivity contribution in [1.29, 1.82) is 0 Å². The van der Waals surface area contributed by atoms with Gasteiger partial charge in [-0.3, -0.25) is 14.6 Å². The lowest BCUT2D eigenvalue weighted by molar-refractivity contribution is -0.126. The number of carbonyl (C=O) groups excluding carboxylic acids is 2. The second-order valence-electron chi connectivity index (χ2n) is 11.8. The Morgan fingerprint density at radius 3 is 2.51 bits per heavy atom. The lowest BCUT2D eigenvalue weighted by Gasteiger charge is -2.36. The van der Waals surface area contributed by atoms with Crippen molar-refractivity contribution in [2.75, 3.05) is 51.7 Å². The zero-order valence-electron chi connectivity index (χ0n) is 25.1. The second-order valence-corrected chi connectivity index (χ2v) is 11.8. The molecule has 2 amide bonds. The highest BCUT2D eigenvalue weighted by Crippen LogP contribution is 2.33. The summed E-state index contributed by atoms with van der Waals surface area (Å²) in [5.74, 6) is 0.138. The number of amides is 2. The van der Waals surface area contributed by atoms with Crippen molar-refractivity contribution in [3.05, 3.63) is 71.7 Å². The number of rotatable bonds is 8. The van der Waals surface area contributed by atoms with Gasteiger partial charge in [-0.05, 0) is 50.7 Å². The summed E-state index contributed by atoms with van der Waals surface area (Å²) in [7, 11) is 3.96. The number of aryl methyl sites for hydroxylation is 1. The minimum absolute atomic E-state index is 0.0314. The SMILES string of the molecule is Cc1cc(-c2ccncc2N2CCN(C(=O)C=CCN(C)C)CC2)ccc1C(C)NC(=O)c1noc(C(C)(C)C)n1. The maximum atomic E-state index is 12.8. The molecule has 0 aliphatic carbocycles. The zero-order valence-corrected chi connectivity index (χ0v) is 25.1. The average Bonchev–Trinajstić information content (AvgIpc) is 3.44. The number of pyridine rings is 1. The van der Waals surface area contributed by atoms with E-state index in [0.717, 1.165) is 47.6 Å². The minimum atomic E-state index is -0.373. The van der Waals surface area contributed by atoms with Gasteiger partial charge in [0, 0.05) is 56.0 Å². The summed E-state index contributed by atoms with van der Waals surface area (Å²) < 4.78 is 5.27. The van der Waals surface area contributed by atoms with Crippen LogP contribution in [0.3, 0.4) is 0 Å². The monoisotopic (exact) mass is 559 g/mol. The van der Waals surface area contributed by atoms with E-state index in [0.29, 0.717) is 19.0 Å². The Morgan fingerprint density at radius 1 is 1.15 bits per heavy atom. The molecule has 4 rings (SSSR count). The molecule has 1 atom stereocenters. The van der Waals surface area contributed by atoms with Gasteiger partial charge in [-0.1, -0.05) is 50.2 Å². The molecule has 1 saturated heterocycles. The molecule has 10 heteroatoms. The van der Waals surface area contributed by atoms with E-state index in [1.807, 2.05) is 82.9 Å². The average molecular weight is 560 g/mol. The normalized spacial score (nSPS) is 15.0. The summed E-state index contributed by atoms with van der Waals surface area (Å²) in [6.07, 6.45) is 7.27. The Labute approximate surface area is 242 Å². The fourth-order valence-corrected chi connectivity index (χ4v) is 4.81. The van der Waals surface area contributed by atoms with E-state index >= 15 is 0 Å². The zero-order chi connectivity index (χ0) is 29.7. The van der Waals surface area contributed by atoms with Gasteiger partial charge in [-0.15, -0.1) is 0 Å². The molecule has 1 aliphatic heterocycles. The van der Waals surface area contributed by atoms with Gasteiger partial charge < -0.3 is 24.5 Å². The van der Waals surface area contributed by atoms with Gasteiger partial charge in [-0.25, -0.2) is 0 Å². The van der Waals surface area contributed by atoms with Crippen molar-refractivity contribution in [2.24, 2.45) is 0 Å². The molecule has 1 aromatic carbocycles.